The number of aliphatic hydroxyl groups is 1. The minimum atomic E-state index is -3.30. The molecule has 0 bridgehead atoms. The molecule has 0 aliphatic rings. The Morgan fingerprint density at radius 3 is 2.57 bits per heavy atom. The van der Waals surface area contributed by atoms with E-state index in [1.807, 2.05) is 6.07 Å². The van der Waals surface area contributed by atoms with Gasteiger partial charge < -0.3 is 10.4 Å². The van der Waals surface area contributed by atoms with Gasteiger partial charge in [0, 0.05) is 11.6 Å². The zero-order valence-corrected chi connectivity index (χ0v) is 17.6. The molecule has 0 aliphatic heterocycles. The number of aliphatic hydroxyl groups excluding tert-OH is 1. The van der Waals surface area contributed by atoms with Crippen LogP contribution in [0.1, 0.15) is 16.6 Å². The van der Waals surface area contributed by atoms with Crippen molar-refractivity contribution in [3.8, 4) is 23.5 Å². The predicted octanol–water partition coefficient (Wildman–Crippen LogP) is 3.05. The number of hydrogen-bond donors (Lipinski definition) is 3. The Hall–Kier alpha value is -3.19. The number of thiazole rings is 1. The lowest BCUT2D eigenvalue weighted by molar-refractivity contribution is 0.225. The molecule has 0 radical (unpaired) electrons. The average Bonchev–Trinajstić information content (AvgIpc) is 3.19. The smallest absolute Gasteiger partial charge is 0.320 e. The molecule has 0 aliphatic carbocycles. The van der Waals surface area contributed by atoms with Gasteiger partial charge in [0.25, 0.3) is 0 Å². The molecule has 2 amide bonds. The molecule has 3 N–H and O–H groups in total. The van der Waals surface area contributed by atoms with E-state index >= 15 is 0 Å². The van der Waals surface area contributed by atoms with E-state index in [1.165, 1.54) is 11.3 Å². The highest BCUT2D eigenvalue weighted by molar-refractivity contribution is 7.90. The Morgan fingerprint density at radius 2 is 1.97 bits per heavy atom. The second-order valence-corrected chi connectivity index (χ2v) is 9.31. The summed E-state index contributed by atoms with van der Waals surface area (Å²) in [6.45, 7) is -0.303. The molecule has 0 saturated heterocycles. The first kappa shape index (κ1) is 21.5. The first-order chi connectivity index (χ1) is 14.3. The summed E-state index contributed by atoms with van der Waals surface area (Å²) in [5.74, 6) is 2.73. The summed E-state index contributed by atoms with van der Waals surface area (Å²) in [5, 5.41) is 17.0. The topological polar surface area (TPSA) is 108 Å². The number of sulfone groups is 1. The molecule has 7 nitrogen and oxygen atoms in total. The molecule has 0 fully saturated rings. The number of nitrogens with zero attached hydrogens (tertiary/aromatic N) is 1. The maximum Gasteiger partial charge on any atom is 0.320 e. The predicted molar refractivity (Wildman–Crippen MR) is 117 cm³/mol. The van der Waals surface area contributed by atoms with Crippen LogP contribution in [0.2, 0.25) is 0 Å². The van der Waals surface area contributed by atoms with Gasteiger partial charge in [-0.05, 0) is 34.7 Å². The van der Waals surface area contributed by atoms with Crippen molar-refractivity contribution in [3.05, 3.63) is 64.5 Å². The van der Waals surface area contributed by atoms with Crippen molar-refractivity contribution in [2.24, 2.45) is 0 Å². The fourth-order valence-electron chi connectivity index (χ4n) is 2.76. The fraction of sp³-hybridized carbons (Fsp3) is 0.143. The van der Waals surface area contributed by atoms with Crippen LogP contribution >= 0.6 is 11.3 Å². The van der Waals surface area contributed by atoms with E-state index in [4.69, 9.17) is 6.42 Å². The van der Waals surface area contributed by atoms with E-state index in [0.29, 0.717) is 16.4 Å². The molecule has 154 valence electrons. The zero-order chi connectivity index (χ0) is 21.7. The maximum absolute atomic E-state index is 12.2. The third-order valence-electron chi connectivity index (χ3n) is 4.27. The van der Waals surface area contributed by atoms with Gasteiger partial charge in [-0.2, -0.15) is 0 Å². The molecule has 3 rings (SSSR count). The molecule has 0 saturated carbocycles. The number of terminal acetylenes is 1. The number of carbonyl (C=O) groups is 1. The number of urea groups is 1. The highest BCUT2D eigenvalue weighted by atomic mass is 32.2. The lowest BCUT2D eigenvalue weighted by Crippen LogP contribution is -2.34. The van der Waals surface area contributed by atoms with Crippen LogP contribution in [0.3, 0.4) is 0 Å². The minimum absolute atomic E-state index is 0.241. The van der Waals surface area contributed by atoms with Crippen molar-refractivity contribution in [1.29, 1.82) is 0 Å². The molecular formula is C21H19N3O4S2. The van der Waals surface area contributed by atoms with Crippen molar-refractivity contribution >= 4 is 33.0 Å². The van der Waals surface area contributed by atoms with Gasteiger partial charge in [-0.1, -0.05) is 36.4 Å². The van der Waals surface area contributed by atoms with E-state index in [1.54, 1.807) is 47.8 Å². The number of anilines is 1. The molecule has 1 aromatic heterocycles. The number of nitrogens with one attached hydrogen (secondary N) is 2. The Kier molecular flexibility index (Phi) is 6.52. The lowest BCUT2D eigenvalue weighted by atomic mass is 10.0. The third-order valence-corrected chi connectivity index (χ3v) is 6.15. The highest BCUT2D eigenvalue weighted by Crippen LogP contribution is 2.24. The largest absolute Gasteiger partial charge is 0.394 e. The monoisotopic (exact) mass is 441 g/mol. The number of amides is 2. The minimum Gasteiger partial charge on any atom is -0.394 e. The van der Waals surface area contributed by atoms with Crippen molar-refractivity contribution in [3.63, 3.8) is 0 Å². The van der Waals surface area contributed by atoms with Crippen LogP contribution in [0.25, 0.3) is 11.1 Å². The van der Waals surface area contributed by atoms with Crippen LogP contribution < -0.4 is 10.6 Å². The molecule has 1 unspecified atom stereocenters. The van der Waals surface area contributed by atoms with Crippen LogP contribution in [-0.2, 0) is 9.84 Å². The Morgan fingerprint density at radius 1 is 1.23 bits per heavy atom. The summed E-state index contributed by atoms with van der Waals surface area (Å²) >= 11 is 1.24. The van der Waals surface area contributed by atoms with E-state index < -0.39 is 21.9 Å². The van der Waals surface area contributed by atoms with E-state index in [-0.39, 0.29) is 11.5 Å². The van der Waals surface area contributed by atoms with Gasteiger partial charge >= 0.3 is 6.03 Å². The standard InChI is InChI=1S/C21H19N3O4S2/c1-3-20-23-19(13-29-20)24-21(26)22-18(12-25)15-9-7-14(8-10-15)16-5-4-6-17(11-16)30(2,27)28/h1,4-11,13,18,25H,12H2,2H3,(H2,22,24,26). The Labute approximate surface area is 178 Å². The summed E-state index contributed by atoms with van der Waals surface area (Å²) in [4.78, 5) is 16.5. The normalized spacial score (nSPS) is 12.0. The number of benzene rings is 2. The van der Waals surface area contributed by atoms with Gasteiger partial charge in [-0.25, -0.2) is 18.2 Å². The summed E-state index contributed by atoms with van der Waals surface area (Å²) in [5.41, 5.74) is 2.26. The van der Waals surface area contributed by atoms with Crippen LogP contribution in [0.5, 0.6) is 0 Å². The third kappa shape index (κ3) is 5.24. The van der Waals surface area contributed by atoms with Gasteiger partial charge in [-0.15, -0.1) is 17.8 Å². The van der Waals surface area contributed by atoms with E-state index in [9.17, 15) is 18.3 Å². The van der Waals surface area contributed by atoms with E-state index in [0.717, 1.165) is 17.4 Å². The van der Waals surface area contributed by atoms with E-state index in [2.05, 4.69) is 21.5 Å². The molecule has 1 heterocycles. The van der Waals surface area contributed by atoms with Gasteiger partial charge in [-0.3, -0.25) is 5.32 Å². The van der Waals surface area contributed by atoms with Crippen molar-refractivity contribution < 1.29 is 18.3 Å². The summed E-state index contributed by atoms with van der Waals surface area (Å²) < 4.78 is 23.5. The molecule has 1 atom stereocenters. The summed E-state index contributed by atoms with van der Waals surface area (Å²) in [7, 11) is -3.30. The Balaban J connectivity index is 1.72. The lowest BCUT2D eigenvalue weighted by Gasteiger charge is -2.17. The quantitative estimate of drug-likeness (QED) is 0.510. The fourth-order valence-corrected chi connectivity index (χ4v) is 3.98. The molecule has 9 heteroatoms. The number of hydrogen-bond acceptors (Lipinski definition) is 6. The molecule has 30 heavy (non-hydrogen) atoms. The SMILES string of the molecule is C#Cc1nc(NC(=O)NC(CO)c2ccc(-c3cccc(S(C)(=O)=O)c3)cc2)cs1. The summed E-state index contributed by atoms with van der Waals surface area (Å²) in [6.07, 6.45) is 6.43. The molecular weight excluding hydrogens is 422 g/mol. The number of carbonyl (C=O) groups excluding carboxylic acids is 1. The number of aromatic nitrogens is 1. The van der Waals surface area contributed by atoms with Crippen LogP contribution in [-0.4, -0.2) is 37.4 Å². The molecule has 0 spiro atoms. The van der Waals surface area contributed by atoms with Crippen molar-refractivity contribution in [2.45, 2.75) is 10.9 Å². The van der Waals surface area contributed by atoms with Gasteiger partial charge in [0.05, 0.1) is 17.5 Å². The van der Waals surface area contributed by atoms with Gasteiger partial charge in [0.15, 0.2) is 14.8 Å². The summed E-state index contributed by atoms with van der Waals surface area (Å²) in [6, 6.07) is 12.6. The zero-order valence-electron chi connectivity index (χ0n) is 16.0. The number of rotatable bonds is 6. The van der Waals surface area contributed by atoms with Crippen LogP contribution in [0, 0.1) is 12.3 Å². The Bertz CT molecular complexity index is 1200. The second kappa shape index (κ2) is 9.09. The highest BCUT2D eigenvalue weighted by Gasteiger charge is 2.15. The molecule has 3 aromatic rings. The van der Waals surface area contributed by atoms with Gasteiger partial charge in [0.2, 0.25) is 0 Å². The van der Waals surface area contributed by atoms with Crippen molar-refractivity contribution in [1.82, 2.24) is 10.3 Å². The van der Waals surface area contributed by atoms with Gasteiger partial charge in [0.1, 0.15) is 5.82 Å². The first-order valence-corrected chi connectivity index (χ1v) is 11.6. The second-order valence-electron chi connectivity index (χ2n) is 6.44. The van der Waals surface area contributed by atoms with Crippen molar-refractivity contribution in [2.75, 3.05) is 18.2 Å². The van der Waals surface area contributed by atoms with Crippen LogP contribution in [0.15, 0.2) is 58.8 Å². The maximum atomic E-state index is 12.2. The molecule has 2 aromatic carbocycles. The van der Waals surface area contributed by atoms with Crippen LogP contribution in [0.4, 0.5) is 10.6 Å². The average molecular weight is 442 g/mol. The first-order valence-electron chi connectivity index (χ1n) is 8.81.